The molecule has 12 heavy (non-hydrogen) atoms. The van der Waals surface area contributed by atoms with E-state index in [1.165, 1.54) is 0 Å². The first-order valence-electron chi connectivity index (χ1n) is 2.17. The van der Waals surface area contributed by atoms with Crippen LogP contribution in [0.2, 0.25) is 0 Å². The zero-order valence-corrected chi connectivity index (χ0v) is 13.3. The molecule has 0 aliphatic heterocycles. The molecule has 0 bridgehead atoms. The van der Waals surface area contributed by atoms with Crippen molar-refractivity contribution in [2.75, 3.05) is 0 Å². The van der Waals surface area contributed by atoms with Crippen molar-refractivity contribution in [3.8, 4) is 0 Å². The summed E-state index contributed by atoms with van der Waals surface area (Å²) in [4.78, 5) is 28.5. The second kappa shape index (κ2) is 29.2. The fraction of sp³-hybridized carbons (Fsp3) is 1.00. The van der Waals surface area contributed by atoms with Gasteiger partial charge in [-0.3, -0.25) is 0 Å². The maximum absolute atomic E-state index is 8.70. The normalized spacial score (nSPS) is 4.83. The van der Waals surface area contributed by atoms with Crippen molar-refractivity contribution >= 4 is 16.5 Å². The Morgan fingerprint density at radius 2 is 0.833 bits per heavy atom. The largest absolute Gasteiger partial charge is 1.00 e. The van der Waals surface area contributed by atoms with Crippen LogP contribution in [0.1, 0.15) is 16.7 Å². The van der Waals surface area contributed by atoms with Crippen LogP contribution in [0.3, 0.4) is 0 Å². The molecule has 66 valence electrons. The SMILES string of the molecule is CC.O=[P+](O)O.O=[P+](O)O.[H-].[H-].[Na+].[Na+]. The summed E-state index contributed by atoms with van der Waals surface area (Å²) in [6.07, 6.45) is 0. The van der Waals surface area contributed by atoms with Gasteiger partial charge in [-0.15, -0.1) is 19.6 Å². The van der Waals surface area contributed by atoms with E-state index in [1.807, 2.05) is 13.8 Å². The number of hydrogen-bond acceptors (Lipinski definition) is 2. The van der Waals surface area contributed by atoms with Crippen LogP contribution < -0.4 is 59.1 Å². The van der Waals surface area contributed by atoms with Crippen LogP contribution in [-0.2, 0) is 9.13 Å². The first kappa shape index (κ1) is 29.2. The Labute approximate surface area is 120 Å². The van der Waals surface area contributed by atoms with Gasteiger partial charge >= 0.3 is 75.6 Å². The number of hydrogen-bond donors (Lipinski definition) is 4. The fourth-order valence-electron chi connectivity index (χ4n) is 0. The number of rotatable bonds is 0. The summed E-state index contributed by atoms with van der Waals surface area (Å²) in [5.74, 6) is 0. The molecule has 0 spiro atoms. The Balaban J connectivity index is -0.00000000957. The van der Waals surface area contributed by atoms with Crippen LogP contribution >= 0.6 is 16.5 Å². The molecule has 0 aromatic rings. The standard InChI is InChI=1S/C2H6.2Na.2HO3P.2H/c1-2;;;2*1-4(2)3;;/h1-2H3;;;2*(H-,1,2,3);;/q;2*+1;;;2*-1/p+2. The van der Waals surface area contributed by atoms with Gasteiger partial charge in [0.2, 0.25) is 0 Å². The van der Waals surface area contributed by atoms with E-state index in [-0.39, 0.29) is 62.0 Å². The van der Waals surface area contributed by atoms with Crippen LogP contribution in [-0.4, -0.2) is 19.6 Å². The first-order chi connectivity index (χ1) is 4.46. The van der Waals surface area contributed by atoms with Gasteiger partial charge < -0.3 is 2.85 Å². The van der Waals surface area contributed by atoms with Gasteiger partial charge in [-0.05, 0) is 0 Å². The van der Waals surface area contributed by atoms with Gasteiger partial charge in [-0.1, -0.05) is 13.8 Å². The van der Waals surface area contributed by atoms with Gasteiger partial charge in [-0.2, -0.15) is 0 Å². The molecule has 0 fully saturated rings. The van der Waals surface area contributed by atoms with Crippen LogP contribution in [0.15, 0.2) is 0 Å². The van der Waals surface area contributed by atoms with Gasteiger partial charge in [0.15, 0.2) is 0 Å². The molecule has 0 heterocycles. The summed E-state index contributed by atoms with van der Waals surface area (Å²) < 4.78 is 17.4. The van der Waals surface area contributed by atoms with Gasteiger partial charge in [0, 0.05) is 9.13 Å². The Hall–Kier alpha value is 2.04. The van der Waals surface area contributed by atoms with Gasteiger partial charge in [-0.25, -0.2) is 0 Å². The Morgan fingerprint density at radius 3 is 0.833 bits per heavy atom. The van der Waals surface area contributed by atoms with Crippen LogP contribution in [0, 0.1) is 0 Å². The molecule has 0 atom stereocenters. The third-order valence-electron chi connectivity index (χ3n) is 0. The van der Waals surface area contributed by atoms with E-state index in [4.69, 9.17) is 28.7 Å². The molecule has 10 heteroatoms. The molecule has 0 aliphatic rings. The topological polar surface area (TPSA) is 115 Å². The molecule has 0 aromatic heterocycles. The van der Waals surface area contributed by atoms with E-state index in [2.05, 4.69) is 0 Å². The molecule has 0 amide bonds. The van der Waals surface area contributed by atoms with Gasteiger partial charge in [0.25, 0.3) is 0 Å². The van der Waals surface area contributed by atoms with Crippen molar-refractivity contribution in [2.24, 2.45) is 0 Å². The molecule has 0 unspecified atom stereocenters. The quantitative estimate of drug-likeness (QED) is 0.248. The molecule has 6 nitrogen and oxygen atoms in total. The maximum atomic E-state index is 8.70. The average Bonchev–Trinajstić information content (AvgIpc) is 1.66. The molecular formula is C2H12Na2O6P2+2. The third kappa shape index (κ3) is 353. The summed E-state index contributed by atoms with van der Waals surface area (Å²) in [7, 11) is -5.74. The van der Waals surface area contributed by atoms with Crippen molar-refractivity contribution < 1.29 is 90.7 Å². The fourth-order valence-corrected chi connectivity index (χ4v) is 0. The predicted octanol–water partition coefficient (Wildman–Crippen LogP) is -5.48. The zero-order valence-electron chi connectivity index (χ0n) is 9.50. The van der Waals surface area contributed by atoms with Gasteiger partial charge in [0.05, 0.1) is 0 Å². The molecule has 0 rings (SSSR count). The third-order valence-corrected chi connectivity index (χ3v) is 0. The van der Waals surface area contributed by atoms with Crippen LogP contribution in [0.4, 0.5) is 0 Å². The van der Waals surface area contributed by atoms with E-state index in [9.17, 15) is 0 Å². The van der Waals surface area contributed by atoms with E-state index in [0.29, 0.717) is 0 Å². The summed E-state index contributed by atoms with van der Waals surface area (Å²) in [5.41, 5.74) is 0. The molecule has 0 saturated carbocycles. The van der Waals surface area contributed by atoms with Crippen LogP contribution in [0.5, 0.6) is 0 Å². The molecule has 4 N–H and O–H groups in total. The molecule has 0 aliphatic carbocycles. The van der Waals surface area contributed by atoms with E-state index in [1.54, 1.807) is 0 Å². The minimum Gasteiger partial charge on any atom is -1.00 e. The zero-order chi connectivity index (χ0) is 9.15. The molecular weight excluding hydrogens is 228 g/mol. The van der Waals surface area contributed by atoms with Crippen molar-refractivity contribution in [3.63, 3.8) is 0 Å². The Morgan fingerprint density at radius 1 is 0.833 bits per heavy atom. The summed E-state index contributed by atoms with van der Waals surface area (Å²) in [6.45, 7) is 4.00. The Kier molecular flexibility index (Phi) is 71.2. The molecule has 0 aromatic carbocycles. The van der Waals surface area contributed by atoms with Crippen molar-refractivity contribution in [1.82, 2.24) is 0 Å². The summed E-state index contributed by atoms with van der Waals surface area (Å²) in [5, 5.41) is 0. The van der Waals surface area contributed by atoms with Crippen molar-refractivity contribution in [2.45, 2.75) is 13.8 Å². The van der Waals surface area contributed by atoms with E-state index in [0.717, 1.165) is 0 Å². The minimum atomic E-state index is -2.87. The van der Waals surface area contributed by atoms with Crippen molar-refractivity contribution in [3.05, 3.63) is 0 Å². The second-order valence-electron chi connectivity index (χ2n) is 0.505. The maximum Gasteiger partial charge on any atom is 1.00 e. The van der Waals surface area contributed by atoms with Gasteiger partial charge in [0.1, 0.15) is 0 Å². The van der Waals surface area contributed by atoms with Crippen LogP contribution in [0.25, 0.3) is 0 Å². The van der Waals surface area contributed by atoms with E-state index < -0.39 is 16.5 Å². The smallest absolute Gasteiger partial charge is 1.00 e. The first-order valence-corrected chi connectivity index (χ1v) is 4.50. The summed E-state index contributed by atoms with van der Waals surface area (Å²) >= 11 is 0. The molecule has 0 saturated heterocycles. The Bertz CT molecular complexity index is 87.8. The average molecular weight is 240 g/mol. The molecule has 0 radical (unpaired) electrons. The predicted molar refractivity (Wildman–Crippen MR) is 37.7 cm³/mol. The van der Waals surface area contributed by atoms with E-state index >= 15 is 0 Å². The monoisotopic (exact) mass is 240 g/mol. The summed E-state index contributed by atoms with van der Waals surface area (Å²) in [6, 6.07) is 0. The minimum absolute atomic E-state index is 0. The van der Waals surface area contributed by atoms with Crippen molar-refractivity contribution in [1.29, 1.82) is 0 Å². The second-order valence-corrected chi connectivity index (χ2v) is 1.52.